The molecule has 1 saturated carbocycles. The number of nitrogens with one attached hydrogen (secondary N) is 1. The Labute approximate surface area is 287 Å². The summed E-state index contributed by atoms with van der Waals surface area (Å²) in [7, 11) is 0. The first-order valence-corrected chi connectivity index (χ1v) is 16.3. The molecule has 2 fully saturated rings. The molecule has 5 aromatic rings. The predicted molar refractivity (Wildman–Crippen MR) is 175 cm³/mol. The SMILES string of the molecule is O=C1c2c(F)cc(C3(F)CC3)cc2OCCN1c1cc(F)cc(-c2ccnc3[nH]c(-c4ccc(CN5CCN(CC(F)(F)F)C5)cn4)cc23)c1O. The number of carbonyl (C=O) groups excluding carboxylic acids is 1. The Kier molecular flexibility index (Phi) is 7.94. The number of benzene rings is 2. The molecule has 5 heterocycles. The fourth-order valence-corrected chi connectivity index (χ4v) is 6.82. The van der Waals surface area contributed by atoms with Gasteiger partial charge in [-0.2, -0.15) is 13.2 Å². The minimum atomic E-state index is -4.25. The molecule has 2 aliphatic heterocycles. The van der Waals surface area contributed by atoms with E-state index in [2.05, 4.69) is 15.0 Å². The lowest BCUT2D eigenvalue weighted by atomic mass is 10.00. The highest BCUT2D eigenvalue weighted by Gasteiger charge is 2.46. The standard InChI is InChI=1S/C36H30F6N6O3/c37-22-13-24(32(49)29(14-22)48-9-10-51-30-12-21(35(39)4-5-35)11-26(38)31(30)34(48)50)23-3-6-43-33-25(23)15-28(45-33)27-2-1-20(16-44-27)17-46-7-8-47(19-46)18-36(40,41)42/h1-3,6,11-16,49H,4-5,7-10,17-19H2,(H,43,45). The molecule has 1 saturated heterocycles. The molecular formula is C36H30F6N6O3. The second-order valence-corrected chi connectivity index (χ2v) is 13.1. The van der Waals surface area contributed by atoms with Crippen LogP contribution in [0.4, 0.5) is 32.0 Å². The van der Waals surface area contributed by atoms with E-state index in [-0.39, 0.29) is 55.2 Å². The lowest BCUT2D eigenvalue weighted by Gasteiger charge is -2.23. The fourth-order valence-electron chi connectivity index (χ4n) is 6.82. The first-order valence-electron chi connectivity index (χ1n) is 16.3. The van der Waals surface area contributed by atoms with E-state index in [1.165, 1.54) is 17.2 Å². The number of hydrogen-bond donors (Lipinski definition) is 2. The van der Waals surface area contributed by atoms with E-state index in [9.17, 15) is 27.5 Å². The molecule has 51 heavy (non-hydrogen) atoms. The number of fused-ring (bicyclic) bond motifs is 2. The first-order chi connectivity index (χ1) is 24.3. The van der Waals surface area contributed by atoms with Crippen molar-refractivity contribution in [3.8, 4) is 34.0 Å². The van der Waals surface area contributed by atoms with Crippen LogP contribution in [0.3, 0.4) is 0 Å². The highest BCUT2D eigenvalue weighted by Crippen LogP contribution is 2.51. The van der Waals surface area contributed by atoms with Crippen LogP contribution in [0.1, 0.15) is 34.3 Å². The lowest BCUT2D eigenvalue weighted by molar-refractivity contribution is -0.144. The number of carbonyl (C=O) groups is 1. The monoisotopic (exact) mass is 708 g/mol. The van der Waals surface area contributed by atoms with Crippen molar-refractivity contribution < 1.29 is 41.0 Å². The number of nitrogens with zero attached hydrogens (tertiary/aromatic N) is 5. The second kappa shape index (κ2) is 12.3. The van der Waals surface area contributed by atoms with Crippen LogP contribution >= 0.6 is 0 Å². The zero-order valence-corrected chi connectivity index (χ0v) is 26.9. The molecule has 15 heteroatoms. The van der Waals surface area contributed by atoms with Gasteiger partial charge in [-0.25, -0.2) is 18.2 Å². The smallest absolute Gasteiger partial charge is 0.401 e. The van der Waals surface area contributed by atoms with E-state index in [1.54, 1.807) is 24.4 Å². The van der Waals surface area contributed by atoms with Crippen LogP contribution in [0.5, 0.6) is 11.5 Å². The van der Waals surface area contributed by atoms with Gasteiger partial charge in [0.25, 0.3) is 5.91 Å². The summed E-state index contributed by atoms with van der Waals surface area (Å²) in [5.41, 5.74) is 0.601. The van der Waals surface area contributed by atoms with Gasteiger partial charge in [0.05, 0.1) is 36.8 Å². The maximum atomic E-state index is 15.3. The van der Waals surface area contributed by atoms with Gasteiger partial charge in [-0.05, 0) is 65.9 Å². The zero-order valence-electron chi connectivity index (χ0n) is 26.9. The number of H-pyrrole nitrogens is 1. The second-order valence-electron chi connectivity index (χ2n) is 13.1. The maximum Gasteiger partial charge on any atom is 0.401 e. The van der Waals surface area contributed by atoms with Crippen molar-refractivity contribution in [1.29, 1.82) is 0 Å². The van der Waals surface area contributed by atoms with E-state index < -0.39 is 47.2 Å². The number of alkyl halides is 4. The molecule has 9 nitrogen and oxygen atoms in total. The van der Waals surface area contributed by atoms with Gasteiger partial charge in [-0.3, -0.25) is 19.6 Å². The molecule has 2 aromatic carbocycles. The Balaban J connectivity index is 1.07. The number of amides is 1. The third kappa shape index (κ3) is 6.35. The van der Waals surface area contributed by atoms with Crippen molar-refractivity contribution in [3.05, 3.63) is 89.2 Å². The van der Waals surface area contributed by atoms with Gasteiger partial charge in [-0.1, -0.05) is 6.07 Å². The van der Waals surface area contributed by atoms with Gasteiger partial charge in [0.1, 0.15) is 46.6 Å². The van der Waals surface area contributed by atoms with Crippen LogP contribution in [-0.2, 0) is 12.2 Å². The van der Waals surface area contributed by atoms with E-state index in [0.29, 0.717) is 47.6 Å². The minimum Gasteiger partial charge on any atom is -0.505 e. The van der Waals surface area contributed by atoms with Crippen LogP contribution in [-0.4, -0.2) is 81.4 Å². The van der Waals surface area contributed by atoms with Crippen molar-refractivity contribution in [2.45, 2.75) is 31.2 Å². The topological polar surface area (TPSA) is 97.8 Å². The largest absolute Gasteiger partial charge is 0.505 e. The van der Waals surface area contributed by atoms with Gasteiger partial charge >= 0.3 is 6.18 Å². The van der Waals surface area contributed by atoms with E-state index in [1.807, 2.05) is 11.0 Å². The summed E-state index contributed by atoms with van der Waals surface area (Å²) >= 11 is 0. The summed E-state index contributed by atoms with van der Waals surface area (Å²) in [6.07, 6.45) is -0.632. The van der Waals surface area contributed by atoms with Gasteiger partial charge in [0.2, 0.25) is 0 Å². The molecule has 0 unspecified atom stereocenters. The molecule has 3 aromatic heterocycles. The Morgan fingerprint density at radius 3 is 2.51 bits per heavy atom. The Morgan fingerprint density at radius 2 is 1.76 bits per heavy atom. The average molecular weight is 709 g/mol. The number of pyridine rings is 2. The molecule has 0 atom stereocenters. The molecular weight excluding hydrogens is 678 g/mol. The minimum absolute atomic E-state index is 0.0542. The number of hydrogen-bond acceptors (Lipinski definition) is 7. The first kappa shape index (κ1) is 33.0. The van der Waals surface area contributed by atoms with Crippen molar-refractivity contribution in [2.75, 3.05) is 44.4 Å². The van der Waals surface area contributed by atoms with Crippen LogP contribution in [0.25, 0.3) is 33.5 Å². The fraction of sp³-hybridized carbons (Fsp3) is 0.306. The van der Waals surface area contributed by atoms with E-state index in [4.69, 9.17) is 4.74 Å². The quantitative estimate of drug-likeness (QED) is 0.178. The zero-order chi connectivity index (χ0) is 35.7. The Morgan fingerprint density at radius 1 is 0.961 bits per heavy atom. The highest BCUT2D eigenvalue weighted by molar-refractivity contribution is 6.10. The number of aromatic nitrogens is 3. The van der Waals surface area contributed by atoms with Crippen molar-refractivity contribution in [2.24, 2.45) is 0 Å². The van der Waals surface area contributed by atoms with E-state index in [0.717, 1.165) is 28.7 Å². The van der Waals surface area contributed by atoms with Crippen molar-refractivity contribution >= 4 is 22.6 Å². The number of phenolic OH excluding ortho intramolecular Hbond substituents is 1. The van der Waals surface area contributed by atoms with Crippen LogP contribution in [0.2, 0.25) is 0 Å². The molecule has 0 bridgehead atoms. The number of aromatic hydroxyl groups is 1. The van der Waals surface area contributed by atoms with Gasteiger partial charge in [-0.15, -0.1) is 0 Å². The highest BCUT2D eigenvalue weighted by atomic mass is 19.4. The lowest BCUT2D eigenvalue weighted by Crippen LogP contribution is -2.33. The maximum absolute atomic E-state index is 15.3. The summed E-state index contributed by atoms with van der Waals surface area (Å²) in [6.45, 7) is 0.265. The summed E-state index contributed by atoms with van der Waals surface area (Å²) < 4.78 is 89.4. The van der Waals surface area contributed by atoms with Crippen LogP contribution in [0.15, 0.2) is 60.9 Å². The third-order valence-corrected chi connectivity index (χ3v) is 9.50. The molecule has 0 radical (unpaired) electrons. The summed E-state index contributed by atoms with van der Waals surface area (Å²) in [6, 6.07) is 11.3. The van der Waals surface area contributed by atoms with Crippen molar-refractivity contribution in [3.63, 3.8) is 0 Å². The molecule has 1 amide bonds. The van der Waals surface area contributed by atoms with E-state index >= 15 is 8.78 Å². The summed E-state index contributed by atoms with van der Waals surface area (Å²) in [4.78, 5) is 30.1. The van der Waals surface area contributed by atoms with Crippen molar-refractivity contribution in [1.82, 2.24) is 24.8 Å². The van der Waals surface area contributed by atoms with Crippen LogP contribution < -0.4 is 9.64 Å². The average Bonchev–Trinajstić information content (AvgIpc) is 3.52. The molecule has 1 aliphatic carbocycles. The third-order valence-electron chi connectivity index (χ3n) is 9.50. The molecule has 264 valence electrons. The predicted octanol–water partition coefficient (Wildman–Crippen LogP) is 6.91. The normalized spacial score (nSPS) is 17.8. The molecule has 0 spiro atoms. The number of phenols is 1. The van der Waals surface area contributed by atoms with Gasteiger partial charge < -0.3 is 19.7 Å². The van der Waals surface area contributed by atoms with Gasteiger partial charge in [0, 0.05) is 49.0 Å². The molecule has 3 aliphatic rings. The van der Waals surface area contributed by atoms with Gasteiger partial charge in [0.15, 0.2) is 0 Å². The number of rotatable bonds is 7. The Bertz CT molecular complexity index is 2170. The van der Waals surface area contributed by atoms with Crippen LogP contribution in [0, 0.1) is 11.6 Å². The Hall–Kier alpha value is -5.15. The summed E-state index contributed by atoms with van der Waals surface area (Å²) in [5.74, 6) is -3.15. The number of halogens is 6. The summed E-state index contributed by atoms with van der Waals surface area (Å²) in [5, 5.41) is 12.1. The molecule has 2 N–H and O–H groups in total. The molecule has 8 rings (SSSR count). The number of aromatic amines is 1. The number of ether oxygens (including phenoxy) is 1. The number of anilines is 1.